The van der Waals surface area contributed by atoms with Gasteiger partial charge >= 0.3 is 5.69 Å². The van der Waals surface area contributed by atoms with Gasteiger partial charge in [0.05, 0.1) is 0 Å². The molecule has 7 nitrogen and oxygen atoms in total. The SMILES string of the molecule is Nc1[nH]c(=O)[nH]c(=O)c1N=Nc1c(Br)cc(Br)cc1Br. The largest absolute Gasteiger partial charge is 0.383 e. The maximum absolute atomic E-state index is 11.6. The molecule has 2 aromatic rings. The molecule has 0 fully saturated rings. The number of nitrogens with two attached hydrogens (primary N) is 1. The molecule has 4 N–H and O–H groups in total. The fraction of sp³-hybridized carbons (Fsp3) is 0. The van der Waals surface area contributed by atoms with Gasteiger partial charge in [0.2, 0.25) is 0 Å². The molecule has 2 rings (SSSR count). The number of rotatable bonds is 2. The van der Waals surface area contributed by atoms with E-state index >= 15 is 0 Å². The number of benzene rings is 1. The molecule has 0 amide bonds. The van der Waals surface area contributed by atoms with Crippen LogP contribution in [0.1, 0.15) is 0 Å². The minimum Gasteiger partial charge on any atom is -0.383 e. The zero-order valence-electron chi connectivity index (χ0n) is 9.58. The first kappa shape index (κ1) is 15.1. The number of hydrogen-bond acceptors (Lipinski definition) is 5. The van der Waals surface area contributed by atoms with E-state index in [1.54, 1.807) is 12.1 Å². The van der Waals surface area contributed by atoms with Crippen LogP contribution in [0.5, 0.6) is 0 Å². The molecule has 0 aliphatic rings. The minimum atomic E-state index is -0.709. The number of nitrogens with zero attached hydrogens (tertiary/aromatic N) is 2. The predicted molar refractivity (Wildman–Crippen MR) is 85.8 cm³/mol. The lowest BCUT2D eigenvalue weighted by Gasteiger charge is -2.02. The first-order chi connectivity index (χ1) is 9.38. The summed E-state index contributed by atoms with van der Waals surface area (Å²) in [5.41, 5.74) is 4.44. The lowest BCUT2D eigenvalue weighted by atomic mass is 10.3. The Balaban J connectivity index is 2.51. The number of nitrogen functional groups attached to an aromatic ring is 1. The molecule has 104 valence electrons. The first-order valence-corrected chi connectivity index (χ1v) is 7.44. The van der Waals surface area contributed by atoms with Crippen LogP contribution >= 0.6 is 47.8 Å². The lowest BCUT2D eigenvalue weighted by Crippen LogP contribution is -2.23. The quantitative estimate of drug-likeness (QED) is 0.588. The van der Waals surface area contributed by atoms with Crippen molar-refractivity contribution in [2.75, 3.05) is 5.73 Å². The van der Waals surface area contributed by atoms with Crippen molar-refractivity contribution in [2.45, 2.75) is 0 Å². The smallest absolute Gasteiger partial charge is 0.327 e. The second kappa shape index (κ2) is 6.02. The van der Waals surface area contributed by atoms with Gasteiger partial charge in [0.1, 0.15) is 11.5 Å². The maximum atomic E-state index is 11.6. The zero-order valence-corrected chi connectivity index (χ0v) is 14.3. The Hall–Kier alpha value is -1.26. The summed E-state index contributed by atoms with van der Waals surface area (Å²) in [6.07, 6.45) is 0. The molecule has 0 saturated heterocycles. The third-order valence-electron chi connectivity index (χ3n) is 2.18. The fourth-order valence-corrected chi connectivity index (χ4v) is 3.74. The van der Waals surface area contributed by atoms with E-state index in [0.29, 0.717) is 14.6 Å². The van der Waals surface area contributed by atoms with Crippen molar-refractivity contribution in [3.05, 3.63) is 46.4 Å². The standard InChI is InChI=1S/C10H6Br3N5O2/c11-3-1-4(12)6(5(13)2-3)17-18-7-8(14)15-10(20)16-9(7)19/h1-2H,(H4,14,15,16,19,20). The minimum absolute atomic E-state index is 0.146. The van der Waals surface area contributed by atoms with Gasteiger partial charge in [0.15, 0.2) is 5.69 Å². The molecular weight excluding hydrogens is 462 g/mol. The summed E-state index contributed by atoms with van der Waals surface area (Å²) in [6.45, 7) is 0. The van der Waals surface area contributed by atoms with Gasteiger partial charge in [-0.15, -0.1) is 10.2 Å². The van der Waals surface area contributed by atoms with E-state index in [0.717, 1.165) is 4.47 Å². The van der Waals surface area contributed by atoms with E-state index in [-0.39, 0.29) is 11.5 Å². The summed E-state index contributed by atoms with van der Waals surface area (Å²) in [5, 5.41) is 7.74. The van der Waals surface area contributed by atoms with E-state index in [9.17, 15) is 9.59 Å². The highest BCUT2D eigenvalue weighted by Gasteiger charge is 2.09. The van der Waals surface area contributed by atoms with E-state index in [2.05, 4.69) is 63.0 Å². The summed E-state index contributed by atoms with van der Waals surface area (Å²) in [6, 6.07) is 3.55. The number of anilines is 1. The van der Waals surface area contributed by atoms with Gasteiger partial charge in [0, 0.05) is 13.4 Å². The molecule has 0 bridgehead atoms. The molecule has 0 unspecified atom stereocenters. The fourth-order valence-electron chi connectivity index (χ4n) is 1.33. The third-order valence-corrected chi connectivity index (χ3v) is 3.84. The summed E-state index contributed by atoms with van der Waals surface area (Å²) in [5.74, 6) is -0.146. The van der Waals surface area contributed by atoms with E-state index in [1.807, 2.05) is 4.98 Å². The highest BCUT2D eigenvalue weighted by molar-refractivity contribution is 9.11. The number of aromatic amines is 2. The van der Waals surface area contributed by atoms with Crippen LogP contribution in [-0.4, -0.2) is 9.97 Å². The number of H-pyrrole nitrogens is 2. The van der Waals surface area contributed by atoms with Crippen LogP contribution in [0.2, 0.25) is 0 Å². The van der Waals surface area contributed by atoms with E-state index in [4.69, 9.17) is 5.73 Å². The molecule has 10 heteroatoms. The molecule has 0 aliphatic carbocycles. The van der Waals surface area contributed by atoms with Crippen LogP contribution in [0.4, 0.5) is 17.2 Å². The van der Waals surface area contributed by atoms with Gasteiger partial charge in [-0.3, -0.25) is 14.8 Å². The van der Waals surface area contributed by atoms with Crippen molar-refractivity contribution in [3.63, 3.8) is 0 Å². The van der Waals surface area contributed by atoms with Gasteiger partial charge in [-0.25, -0.2) is 4.79 Å². The average molecular weight is 468 g/mol. The number of halogens is 3. The molecule has 20 heavy (non-hydrogen) atoms. The highest BCUT2D eigenvalue weighted by atomic mass is 79.9. The molecule has 0 aliphatic heterocycles. The van der Waals surface area contributed by atoms with Crippen molar-refractivity contribution >= 4 is 65.0 Å². The van der Waals surface area contributed by atoms with E-state index in [1.165, 1.54) is 0 Å². The maximum Gasteiger partial charge on any atom is 0.327 e. The Labute approximate surface area is 137 Å². The summed E-state index contributed by atoms with van der Waals surface area (Å²) >= 11 is 9.99. The van der Waals surface area contributed by atoms with Gasteiger partial charge in [-0.2, -0.15) is 0 Å². The van der Waals surface area contributed by atoms with Gasteiger partial charge < -0.3 is 5.73 Å². The van der Waals surface area contributed by atoms with Crippen LogP contribution < -0.4 is 17.0 Å². The molecular formula is C10H6Br3N5O2. The molecule has 0 saturated carbocycles. The molecule has 0 atom stereocenters. The normalized spacial score (nSPS) is 11.2. The number of nitrogens with one attached hydrogen (secondary N) is 2. The Morgan fingerprint density at radius 3 is 2.05 bits per heavy atom. The van der Waals surface area contributed by atoms with E-state index < -0.39 is 11.2 Å². The molecule has 1 aromatic carbocycles. The van der Waals surface area contributed by atoms with Crippen molar-refractivity contribution in [1.82, 2.24) is 9.97 Å². The lowest BCUT2D eigenvalue weighted by molar-refractivity contribution is 1.02. The molecule has 1 heterocycles. The second-order valence-corrected chi connectivity index (χ2v) is 6.21. The topological polar surface area (TPSA) is 116 Å². The predicted octanol–water partition coefficient (Wildman–Crippen LogP) is 3.35. The van der Waals surface area contributed by atoms with Crippen LogP contribution in [0, 0.1) is 0 Å². The van der Waals surface area contributed by atoms with Crippen LogP contribution in [0.15, 0.2) is 45.4 Å². The monoisotopic (exact) mass is 465 g/mol. The van der Waals surface area contributed by atoms with Crippen molar-refractivity contribution in [1.29, 1.82) is 0 Å². The van der Waals surface area contributed by atoms with Crippen LogP contribution in [0.3, 0.4) is 0 Å². The molecule has 0 radical (unpaired) electrons. The van der Waals surface area contributed by atoms with Crippen LogP contribution in [0.25, 0.3) is 0 Å². The van der Waals surface area contributed by atoms with Crippen molar-refractivity contribution in [2.24, 2.45) is 10.2 Å². The summed E-state index contributed by atoms with van der Waals surface area (Å²) < 4.78 is 2.18. The Kier molecular flexibility index (Phi) is 4.55. The second-order valence-electron chi connectivity index (χ2n) is 3.59. The number of hydrogen-bond donors (Lipinski definition) is 3. The Bertz CT molecular complexity index is 788. The van der Waals surface area contributed by atoms with Gasteiger partial charge in [-0.1, -0.05) is 15.9 Å². The third kappa shape index (κ3) is 3.25. The average Bonchev–Trinajstić information content (AvgIpc) is 2.30. The van der Waals surface area contributed by atoms with Crippen molar-refractivity contribution in [3.8, 4) is 0 Å². The summed E-state index contributed by atoms with van der Waals surface area (Å²) in [4.78, 5) is 26.8. The number of azo groups is 1. The zero-order chi connectivity index (χ0) is 14.9. The van der Waals surface area contributed by atoms with Crippen LogP contribution in [-0.2, 0) is 0 Å². The molecule has 1 aromatic heterocycles. The number of aromatic nitrogens is 2. The Morgan fingerprint density at radius 1 is 0.950 bits per heavy atom. The first-order valence-electron chi connectivity index (χ1n) is 5.07. The Morgan fingerprint density at radius 2 is 1.50 bits per heavy atom. The van der Waals surface area contributed by atoms with Crippen molar-refractivity contribution < 1.29 is 0 Å². The highest BCUT2D eigenvalue weighted by Crippen LogP contribution is 2.37. The molecule has 0 spiro atoms. The van der Waals surface area contributed by atoms with Gasteiger partial charge in [-0.05, 0) is 44.0 Å². The van der Waals surface area contributed by atoms with Gasteiger partial charge in [0.25, 0.3) is 5.56 Å². The summed E-state index contributed by atoms with van der Waals surface area (Å²) in [7, 11) is 0.